The van der Waals surface area contributed by atoms with Crippen molar-refractivity contribution in [1.29, 1.82) is 0 Å². The first kappa shape index (κ1) is 17.3. The minimum Gasteiger partial charge on any atom is -0.435 e. The average Bonchev–Trinajstić information content (AvgIpc) is 2.60. The summed E-state index contributed by atoms with van der Waals surface area (Å²) in [4.78, 5) is 23.1. The maximum Gasteiger partial charge on any atom is 0.387 e. The number of carbonyl (C=O) groups is 1. The topological polar surface area (TPSA) is 65.7 Å². The Labute approximate surface area is 146 Å². The third-order valence-electron chi connectivity index (χ3n) is 3.33. The van der Waals surface area contributed by atoms with E-state index in [1.807, 2.05) is 0 Å². The fourth-order valence-electron chi connectivity index (χ4n) is 2.18. The summed E-state index contributed by atoms with van der Waals surface area (Å²) in [6.45, 7) is -2.89. The third kappa shape index (κ3) is 4.54. The predicted octanol–water partition coefficient (Wildman–Crippen LogP) is 4.01. The Kier molecular flexibility index (Phi) is 5.07. The van der Waals surface area contributed by atoms with Gasteiger partial charge in [-0.25, -0.2) is 9.59 Å². The minimum absolute atomic E-state index is 0.0254. The van der Waals surface area contributed by atoms with Crippen molar-refractivity contribution in [1.82, 2.24) is 0 Å². The first-order chi connectivity index (χ1) is 12.5. The van der Waals surface area contributed by atoms with Gasteiger partial charge in [-0.3, -0.25) is 0 Å². The Bertz CT molecular complexity index is 1010. The number of ether oxygens (including phenoxy) is 2. The molecule has 0 saturated heterocycles. The van der Waals surface area contributed by atoms with Gasteiger partial charge in [-0.15, -0.1) is 0 Å². The van der Waals surface area contributed by atoms with E-state index in [1.165, 1.54) is 48.6 Å². The van der Waals surface area contributed by atoms with Crippen LogP contribution in [0.15, 0.2) is 69.9 Å². The SMILES string of the molecule is O=C(/C=C/c1ccc(OC(F)F)cc1)Oc1ccc2ccc(=O)oc2c1. The molecular formula is C19H12F2O5. The molecule has 3 rings (SSSR count). The molecule has 0 fully saturated rings. The van der Waals surface area contributed by atoms with Crippen LogP contribution in [0.2, 0.25) is 0 Å². The molecule has 0 radical (unpaired) electrons. The van der Waals surface area contributed by atoms with E-state index in [1.54, 1.807) is 18.2 Å². The van der Waals surface area contributed by atoms with Crippen molar-refractivity contribution < 1.29 is 27.5 Å². The van der Waals surface area contributed by atoms with Crippen LogP contribution in [0.25, 0.3) is 17.0 Å². The molecule has 0 atom stereocenters. The zero-order valence-electron chi connectivity index (χ0n) is 13.2. The van der Waals surface area contributed by atoms with Crippen molar-refractivity contribution in [3.63, 3.8) is 0 Å². The van der Waals surface area contributed by atoms with Crippen molar-refractivity contribution in [2.75, 3.05) is 0 Å². The summed E-state index contributed by atoms with van der Waals surface area (Å²) in [5, 5.41) is 0.700. The zero-order chi connectivity index (χ0) is 18.5. The summed E-state index contributed by atoms with van der Waals surface area (Å²) in [5.41, 5.74) is 0.412. The summed E-state index contributed by atoms with van der Waals surface area (Å²) in [6.07, 6.45) is 2.66. The number of hydrogen-bond acceptors (Lipinski definition) is 5. The number of alkyl halides is 2. The van der Waals surface area contributed by atoms with Crippen molar-refractivity contribution in [3.8, 4) is 11.5 Å². The highest BCUT2D eigenvalue weighted by atomic mass is 19.3. The highest BCUT2D eigenvalue weighted by molar-refractivity contribution is 5.89. The number of fused-ring (bicyclic) bond motifs is 1. The summed E-state index contributed by atoms with van der Waals surface area (Å²) in [7, 11) is 0. The molecule has 1 aromatic heterocycles. The molecule has 0 aliphatic rings. The van der Waals surface area contributed by atoms with Crippen LogP contribution in [0.1, 0.15) is 5.56 Å². The van der Waals surface area contributed by atoms with Gasteiger partial charge in [0.05, 0.1) is 0 Å². The molecular weight excluding hydrogens is 346 g/mol. The highest BCUT2D eigenvalue weighted by Crippen LogP contribution is 2.20. The lowest BCUT2D eigenvalue weighted by atomic mass is 10.2. The number of rotatable bonds is 5. The van der Waals surface area contributed by atoms with Crippen LogP contribution in [-0.2, 0) is 4.79 Å². The number of carbonyl (C=O) groups excluding carboxylic acids is 1. The van der Waals surface area contributed by atoms with Gasteiger partial charge >= 0.3 is 18.2 Å². The normalized spacial score (nSPS) is 11.2. The van der Waals surface area contributed by atoms with Crippen LogP contribution in [0, 0.1) is 0 Å². The first-order valence-electron chi connectivity index (χ1n) is 7.48. The molecule has 0 aliphatic heterocycles. The number of halogens is 2. The molecule has 3 aromatic rings. The standard InChI is InChI=1S/C19H12F2O5/c20-19(21)25-14-6-1-12(2-7-14)3-9-17(22)24-15-8-4-13-5-10-18(23)26-16(13)11-15/h1-11,19H/b9-3+. The minimum atomic E-state index is -2.89. The van der Waals surface area contributed by atoms with Crippen molar-refractivity contribution in [2.45, 2.75) is 6.61 Å². The lowest BCUT2D eigenvalue weighted by Gasteiger charge is -2.04. The van der Waals surface area contributed by atoms with Crippen LogP contribution in [0.4, 0.5) is 8.78 Å². The summed E-state index contributed by atoms with van der Waals surface area (Å²) >= 11 is 0. The van der Waals surface area contributed by atoms with E-state index in [0.717, 1.165) is 0 Å². The van der Waals surface area contributed by atoms with Crippen molar-refractivity contribution >= 4 is 23.0 Å². The van der Waals surface area contributed by atoms with Crippen molar-refractivity contribution in [3.05, 3.63) is 76.7 Å². The fourth-order valence-corrected chi connectivity index (χ4v) is 2.18. The number of benzene rings is 2. The summed E-state index contributed by atoms with van der Waals surface area (Å²) in [6, 6.07) is 13.3. The lowest BCUT2D eigenvalue weighted by Crippen LogP contribution is -2.04. The monoisotopic (exact) mass is 358 g/mol. The largest absolute Gasteiger partial charge is 0.435 e. The molecule has 0 unspecified atom stereocenters. The van der Waals surface area contributed by atoms with Crippen molar-refractivity contribution in [2.24, 2.45) is 0 Å². The van der Waals surface area contributed by atoms with Crippen LogP contribution in [0.5, 0.6) is 11.5 Å². The van der Waals surface area contributed by atoms with E-state index < -0.39 is 18.2 Å². The van der Waals surface area contributed by atoms with Gasteiger partial charge in [-0.2, -0.15) is 8.78 Å². The van der Waals surface area contributed by atoms with E-state index in [2.05, 4.69) is 4.74 Å². The van der Waals surface area contributed by atoms with E-state index in [4.69, 9.17) is 9.15 Å². The molecule has 0 amide bonds. The van der Waals surface area contributed by atoms with Gasteiger partial charge in [-0.1, -0.05) is 12.1 Å². The number of hydrogen-bond donors (Lipinski definition) is 0. The second-order valence-electron chi connectivity index (χ2n) is 5.16. The number of esters is 1. The molecule has 132 valence electrons. The predicted molar refractivity (Wildman–Crippen MR) is 90.2 cm³/mol. The van der Waals surface area contributed by atoms with E-state index in [0.29, 0.717) is 16.5 Å². The van der Waals surface area contributed by atoms with Gasteiger partial charge in [0.1, 0.15) is 17.1 Å². The molecule has 0 spiro atoms. The molecule has 26 heavy (non-hydrogen) atoms. The van der Waals surface area contributed by atoms with Gasteiger partial charge < -0.3 is 13.9 Å². The maximum absolute atomic E-state index is 12.1. The molecule has 0 aliphatic carbocycles. The van der Waals surface area contributed by atoms with Gasteiger partial charge in [-0.05, 0) is 42.0 Å². The average molecular weight is 358 g/mol. The van der Waals surface area contributed by atoms with Crippen LogP contribution >= 0.6 is 0 Å². The second kappa shape index (κ2) is 7.60. The first-order valence-corrected chi connectivity index (χ1v) is 7.48. The lowest BCUT2D eigenvalue weighted by molar-refractivity contribution is -0.128. The summed E-state index contributed by atoms with van der Waals surface area (Å²) in [5.74, 6) is -0.393. The molecule has 0 N–H and O–H groups in total. The van der Waals surface area contributed by atoms with Gasteiger partial charge in [0.15, 0.2) is 0 Å². The third-order valence-corrected chi connectivity index (χ3v) is 3.33. The molecule has 2 aromatic carbocycles. The van der Waals surface area contributed by atoms with Crippen LogP contribution in [0.3, 0.4) is 0 Å². The summed E-state index contributed by atoms with van der Waals surface area (Å²) < 4.78 is 38.6. The van der Waals surface area contributed by atoms with Gasteiger partial charge in [0, 0.05) is 23.6 Å². The van der Waals surface area contributed by atoms with E-state index in [9.17, 15) is 18.4 Å². The maximum atomic E-state index is 12.1. The molecule has 7 heteroatoms. The zero-order valence-corrected chi connectivity index (χ0v) is 13.2. The van der Waals surface area contributed by atoms with Gasteiger partial charge in [0.25, 0.3) is 0 Å². The molecule has 5 nitrogen and oxygen atoms in total. The molecule has 1 heterocycles. The fraction of sp³-hybridized carbons (Fsp3) is 0.0526. The molecule has 0 bridgehead atoms. The smallest absolute Gasteiger partial charge is 0.387 e. The van der Waals surface area contributed by atoms with Gasteiger partial charge in [0.2, 0.25) is 0 Å². The van der Waals surface area contributed by atoms with Crippen LogP contribution in [-0.4, -0.2) is 12.6 Å². The highest BCUT2D eigenvalue weighted by Gasteiger charge is 2.05. The Morgan fingerprint density at radius 1 is 1.00 bits per heavy atom. The Morgan fingerprint density at radius 3 is 2.42 bits per heavy atom. The van der Waals surface area contributed by atoms with Crippen LogP contribution < -0.4 is 15.1 Å². The van der Waals surface area contributed by atoms with E-state index >= 15 is 0 Å². The van der Waals surface area contributed by atoms with E-state index in [-0.39, 0.29) is 11.5 Å². The Morgan fingerprint density at radius 2 is 1.69 bits per heavy atom. The second-order valence-corrected chi connectivity index (χ2v) is 5.16. The quantitative estimate of drug-likeness (QED) is 0.298. The Hall–Kier alpha value is -3.48. The molecule has 0 saturated carbocycles. The Balaban J connectivity index is 1.66.